The van der Waals surface area contributed by atoms with E-state index >= 15 is 0 Å². The molecule has 1 aliphatic carbocycles. The number of nitrogens with one attached hydrogen (secondary N) is 2. The maximum atomic E-state index is 11.6. The SMILES string of the molecule is CCNC(=O)c1ccc(NC2CCC(C(=O)O)CC2)nn1. The number of hydrogen-bond acceptors (Lipinski definition) is 5. The van der Waals surface area contributed by atoms with E-state index in [0.29, 0.717) is 25.2 Å². The summed E-state index contributed by atoms with van der Waals surface area (Å²) < 4.78 is 0. The molecule has 0 radical (unpaired) electrons. The molecule has 1 heterocycles. The summed E-state index contributed by atoms with van der Waals surface area (Å²) in [5, 5.41) is 22.7. The summed E-state index contributed by atoms with van der Waals surface area (Å²) in [6, 6.07) is 3.56. The van der Waals surface area contributed by atoms with Gasteiger partial charge in [0.25, 0.3) is 5.91 Å². The fraction of sp³-hybridized carbons (Fsp3) is 0.571. The molecular formula is C14H20N4O3. The number of aromatic nitrogens is 2. The van der Waals surface area contributed by atoms with Gasteiger partial charge in [-0.3, -0.25) is 9.59 Å². The van der Waals surface area contributed by atoms with E-state index in [0.717, 1.165) is 12.8 Å². The van der Waals surface area contributed by atoms with Gasteiger partial charge in [-0.2, -0.15) is 0 Å². The Balaban J connectivity index is 1.87. The molecule has 1 saturated carbocycles. The highest BCUT2D eigenvalue weighted by molar-refractivity contribution is 5.92. The number of aliphatic carboxylic acids is 1. The first-order valence-electron chi connectivity index (χ1n) is 7.21. The van der Waals surface area contributed by atoms with Crippen molar-refractivity contribution >= 4 is 17.7 Å². The van der Waals surface area contributed by atoms with Gasteiger partial charge >= 0.3 is 5.97 Å². The lowest BCUT2D eigenvalue weighted by atomic mass is 9.86. The first-order chi connectivity index (χ1) is 10.1. The zero-order valence-electron chi connectivity index (χ0n) is 12.0. The Labute approximate surface area is 123 Å². The number of nitrogens with zero attached hydrogens (tertiary/aromatic N) is 2. The fourth-order valence-electron chi connectivity index (χ4n) is 2.48. The summed E-state index contributed by atoms with van der Waals surface area (Å²) in [6.07, 6.45) is 2.96. The van der Waals surface area contributed by atoms with Gasteiger partial charge < -0.3 is 15.7 Å². The highest BCUT2D eigenvalue weighted by Crippen LogP contribution is 2.26. The number of anilines is 1. The van der Waals surface area contributed by atoms with E-state index in [4.69, 9.17) is 5.11 Å². The molecule has 3 N–H and O–H groups in total. The first kappa shape index (κ1) is 15.2. The number of rotatable bonds is 5. The van der Waals surface area contributed by atoms with Crippen LogP contribution in [0.3, 0.4) is 0 Å². The Morgan fingerprint density at radius 2 is 1.95 bits per heavy atom. The lowest BCUT2D eigenvalue weighted by Crippen LogP contribution is -2.29. The van der Waals surface area contributed by atoms with E-state index in [1.165, 1.54) is 0 Å². The Morgan fingerprint density at radius 1 is 1.24 bits per heavy atom. The van der Waals surface area contributed by atoms with Gasteiger partial charge in [-0.05, 0) is 44.7 Å². The molecule has 114 valence electrons. The van der Waals surface area contributed by atoms with E-state index < -0.39 is 5.97 Å². The van der Waals surface area contributed by atoms with Crippen molar-refractivity contribution in [2.75, 3.05) is 11.9 Å². The molecule has 7 heteroatoms. The number of carboxylic acids is 1. The maximum absolute atomic E-state index is 11.6. The summed E-state index contributed by atoms with van der Waals surface area (Å²) in [5.74, 6) is -0.561. The lowest BCUT2D eigenvalue weighted by Gasteiger charge is -2.26. The molecule has 1 fully saturated rings. The van der Waals surface area contributed by atoms with Gasteiger partial charge in [-0.1, -0.05) is 0 Å². The summed E-state index contributed by atoms with van der Waals surface area (Å²) >= 11 is 0. The number of carboxylic acid groups (broad SMARTS) is 1. The molecule has 0 aromatic carbocycles. The fourth-order valence-corrected chi connectivity index (χ4v) is 2.48. The van der Waals surface area contributed by atoms with E-state index in [-0.39, 0.29) is 23.6 Å². The monoisotopic (exact) mass is 292 g/mol. The highest BCUT2D eigenvalue weighted by atomic mass is 16.4. The largest absolute Gasteiger partial charge is 0.481 e. The highest BCUT2D eigenvalue weighted by Gasteiger charge is 2.25. The van der Waals surface area contributed by atoms with Crippen LogP contribution in [-0.4, -0.2) is 39.8 Å². The molecule has 7 nitrogen and oxygen atoms in total. The Morgan fingerprint density at radius 3 is 2.48 bits per heavy atom. The van der Waals surface area contributed by atoms with Crippen LogP contribution in [0.5, 0.6) is 0 Å². The molecule has 1 aromatic rings. The third-order valence-corrected chi connectivity index (χ3v) is 3.66. The van der Waals surface area contributed by atoms with Crippen LogP contribution >= 0.6 is 0 Å². The molecule has 1 aromatic heterocycles. The number of hydrogen-bond donors (Lipinski definition) is 3. The van der Waals surface area contributed by atoms with Crippen molar-refractivity contribution in [3.63, 3.8) is 0 Å². The normalized spacial score (nSPS) is 21.6. The maximum Gasteiger partial charge on any atom is 0.306 e. The lowest BCUT2D eigenvalue weighted by molar-refractivity contribution is -0.142. The molecule has 0 bridgehead atoms. The topological polar surface area (TPSA) is 104 Å². The molecule has 0 aliphatic heterocycles. The van der Waals surface area contributed by atoms with Gasteiger partial charge in [0.2, 0.25) is 0 Å². The molecule has 1 amide bonds. The van der Waals surface area contributed by atoms with Crippen molar-refractivity contribution in [1.29, 1.82) is 0 Å². The zero-order valence-corrected chi connectivity index (χ0v) is 12.0. The standard InChI is InChI=1S/C14H20N4O3/c1-2-15-13(19)11-7-8-12(18-17-11)16-10-5-3-9(4-6-10)14(20)21/h7-10H,2-6H2,1H3,(H,15,19)(H,16,18)(H,20,21). The molecule has 0 spiro atoms. The van der Waals surface area contributed by atoms with Crippen LogP contribution in [0.4, 0.5) is 5.82 Å². The molecule has 0 saturated heterocycles. The van der Waals surface area contributed by atoms with Crippen molar-refractivity contribution < 1.29 is 14.7 Å². The second kappa shape index (κ2) is 7.01. The molecule has 0 atom stereocenters. The summed E-state index contributed by atoms with van der Waals surface area (Å²) in [7, 11) is 0. The summed E-state index contributed by atoms with van der Waals surface area (Å²) in [5.41, 5.74) is 0.289. The predicted octanol–water partition coefficient (Wildman–Crippen LogP) is 1.28. The minimum absolute atomic E-state index is 0.213. The van der Waals surface area contributed by atoms with Gasteiger partial charge in [-0.25, -0.2) is 0 Å². The quantitative estimate of drug-likeness (QED) is 0.755. The van der Waals surface area contributed by atoms with Crippen LogP contribution in [0.2, 0.25) is 0 Å². The average Bonchev–Trinajstić information content (AvgIpc) is 2.49. The Kier molecular flexibility index (Phi) is 5.08. The third kappa shape index (κ3) is 4.14. The van der Waals surface area contributed by atoms with E-state index in [9.17, 15) is 9.59 Å². The van der Waals surface area contributed by atoms with Crippen molar-refractivity contribution in [3.05, 3.63) is 17.8 Å². The van der Waals surface area contributed by atoms with Gasteiger partial charge in [0.15, 0.2) is 5.69 Å². The van der Waals surface area contributed by atoms with Crippen LogP contribution in [0, 0.1) is 5.92 Å². The first-order valence-corrected chi connectivity index (χ1v) is 7.21. The minimum atomic E-state index is -0.709. The van der Waals surface area contributed by atoms with E-state index in [2.05, 4.69) is 20.8 Å². The van der Waals surface area contributed by atoms with Crippen LogP contribution in [0.1, 0.15) is 43.1 Å². The summed E-state index contributed by atoms with van der Waals surface area (Å²) in [4.78, 5) is 22.4. The van der Waals surface area contributed by atoms with Crippen LogP contribution in [-0.2, 0) is 4.79 Å². The zero-order chi connectivity index (χ0) is 15.2. The van der Waals surface area contributed by atoms with Crippen molar-refractivity contribution in [3.8, 4) is 0 Å². The predicted molar refractivity (Wildman–Crippen MR) is 77.0 cm³/mol. The number of carbonyl (C=O) groups is 2. The summed E-state index contributed by atoms with van der Waals surface area (Å²) in [6.45, 7) is 2.39. The van der Waals surface area contributed by atoms with Gasteiger partial charge in [0.05, 0.1) is 5.92 Å². The van der Waals surface area contributed by atoms with E-state index in [1.54, 1.807) is 12.1 Å². The van der Waals surface area contributed by atoms with Crippen LogP contribution in [0.15, 0.2) is 12.1 Å². The molecule has 0 unspecified atom stereocenters. The second-order valence-corrected chi connectivity index (χ2v) is 5.19. The van der Waals surface area contributed by atoms with Crippen LogP contribution in [0.25, 0.3) is 0 Å². The average molecular weight is 292 g/mol. The smallest absolute Gasteiger partial charge is 0.306 e. The molecular weight excluding hydrogens is 272 g/mol. The van der Waals surface area contributed by atoms with Gasteiger partial charge in [0, 0.05) is 12.6 Å². The van der Waals surface area contributed by atoms with Crippen molar-refractivity contribution in [2.24, 2.45) is 5.92 Å². The number of amides is 1. The Hall–Kier alpha value is -2.18. The molecule has 1 aliphatic rings. The second-order valence-electron chi connectivity index (χ2n) is 5.19. The van der Waals surface area contributed by atoms with Crippen molar-refractivity contribution in [1.82, 2.24) is 15.5 Å². The third-order valence-electron chi connectivity index (χ3n) is 3.66. The number of carbonyl (C=O) groups excluding carboxylic acids is 1. The van der Waals surface area contributed by atoms with Crippen LogP contribution < -0.4 is 10.6 Å². The minimum Gasteiger partial charge on any atom is -0.481 e. The van der Waals surface area contributed by atoms with Crippen molar-refractivity contribution in [2.45, 2.75) is 38.6 Å². The van der Waals surface area contributed by atoms with E-state index in [1.807, 2.05) is 6.92 Å². The van der Waals surface area contributed by atoms with Gasteiger partial charge in [0.1, 0.15) is 5.82 Å². The molecule has 21 heavy (non-hydrogen) atoms. The molecule has 2 rings (SSSR count). The van der Waals surface area contributed by atoms with Gasteiger partial charge in [-0.15, -0.1) is 10.2 Å². The Bertz CT molecular complexity index is 495.